The normalized spacial score (nSPS) is 16.9. The summed E-state index contributed by atoms with van der Waals surface area (Å²) < 4.78 is 37.8. The van der Waals surface area contributed by atoms with Crippen LogP contribution in [0, 0.1) is 0 Å². The summed E-state index contributed by atoms with van der Waals surface area (Å²) in [6.07, 6.45) is -3.32. The van der Waals surface area contributed by atoms with Crippen LogP contribution in [0.5, 0.6) is 0 Å². The fourth-order valence-electron chi connectivity index (χ4n) is 2.92. The molecule has 0 aromatic carbocycles. The first-order valence-electron chi connectivity index (χ1n) is 8.62. The molecule has 0 saturated heterocycles. The number of halogens is 3. The molecule has 3 heterocycles. The van der Waals surface area contributed by atoms with Gasteiger partial charge in [-0.05, 0) is 30.4 Å². The van der Waals surface area contributed by atoms with Gasteiger partial charge in [0.25, 0.3) is 0 Å². The van der Waals surface area contributed by atoms with Crippen molar-refractivity contribution < 1.29 is 13.2 Å². The molecular weight excluding hydrogens is 395 g/mol. The van der Waals surface area contributed by atoms with Crippen LogP contribution in [-0.2, 0) is 25.7 Å². The van der Waals surface area contributed by atoms with Crippen LogP contribution >= 0.6 is 22.7 Å². The predicted molar refractivity (Wildman–Crippen MR) is 103 cm³/mol. The molecule has 0 fully saturated rings. The number of aromatic nitrogens is 1. The Labute approximate surface area is 164 Å². The molecule has 1 aliphatic heterocycles. The number of thiazole rings is 1. The van der Waals surface area contributed by atoms with Crippen molar-refractivity contribution in [3.05, 3.63) is 38.0 Å². The van der Waals surface area contributed by atoms with E-state index in [2.05, 4.69) is 43.9 Å². The summed E-state index contributed by atoms with van der Waals surface area (Å²) in [6, 6.07) is 2.50. The number of nitrogens with zero attached hydrogens (tertiary/aromatic N) is 3. The van der Waals surface area contributed by atoms with Crippen LogP contribution in [0.15, 0.2) is 21.8 Å². The quantitative estimate of drug-likeness (QED) is 0.579. The van der Waals surface area contributed by atoms with Gasteiger partial charge in [0.15, 0.2) is 11.7 Å². The standard InChI is InChI=1S/C17H22F3N5S2/c1-11(25-5-3-13-12(9-25)4-6-26-13)7-22-16(21-2)23-8-15-24-14(10-27-15)17(18,19)20/h4,6,10-11H,3,5,7-9H2,1-2H3,(H2,21,22,23). The van der Waals surface area contributed by atoms with E-state index >= 15 is 0 Å². The van der Waals surface area contributed by atoms with Gasteiger partial charge >= 0.3 is 6.18 Å². The third-order valence-corrected chi connectivity index (χ3v) is 6.37. The van der Waals surface area contributed by atoms with Gasteiger partial charge in [0, 0.05) is 43.0 Å². The van der Waals surface area contributed by atoms with Crippen LogP contribution in [0.1, 0.15) is 28.1 Å². The van der Waals surface area contributed by atoms with Crippen LogP contribution in [0.25, 0.3) is 0 Å². The molecule has 1 aliphatic rings. The van der Waals surface area contributed by atoms with E-state index < -0.39 is 11.9 Å². The molecule has 0 amide bonds. The molecule has 0 saturated carbocycles. The van der Waals surface area contributed by atoms with Gasteiger partial charge in [-0.1, -0.05) is 0 Å². The van der Waals surface area contributed by atoms with Crippen LogP contribution < -0.4 is 10.6 Å². The maximum absolute atomic E-state index is 12.6. The Balaban J connectivity index is 1.46. The second-order valence-corrected chi connectivity index (χ2v) is 8.31. The van der Waals surface area contributed by atoms with Crippen molar-refractivity contribution in [2.45, 2.75) is 38.7 Å². The minimum atomic E-state index is -4.40. The maximum atomic E-state index is 12.6. The lowest BCUT2D eigenvalue weighted by molar-refractivity contribution is -0.140. The molecule has 1 unspecified atom stereocenters. The van der Waals surface area contributed by atoms with Crippen LogP contribution in [0.4, 0.5) is 13.2 Å². The molecule has 0 spiro atoms. The minimum Gasteiger partial charge on any atom is -0.355 e. The molecule has 2 N–H and O–H groups in total. The molecule has 10 heteroatoms. The molecule has 2 aromatic heterocycles. The molecule has 0 bridgehead atoms. The highest BCUT2D eigenvalue weighted by molar-refractivity contribution is 7.10. The number of thiophene rings is 1. The zero-order valence-electron chi connectivity index (χ0n) is 15.1. The van der Waals surface area contributed by atoms with E-state index in [1.807, 2.05) is 11.3 Å². The van der Waals surface area contributed by atoms with Gasteiger partial charge < -0.3 is 10.6 Å². The van der Waals surface area contributed by atoms with E-state index in [1.54, 1.807) is 7.05 Å². The number of aliphatic imine (C=N–C) groups is 1. The first kappa shape index (κ1) is 20.1. The zero-order valence-corrected chi connectivity index (χ0v) is 16.8. The molecule has 5 nitrogen and oxygen atoms in total. The SMILES string of the molecule is CN=C(NCc1nc(C(F)(F)F)cs1)NCC(C)N1CCc2sccc2C1. The number of fused-ring (bicyclic) bond motifs is 1. The highest BCUT2D eigenvalue weighted by Gasteiger charge is 2.33. The molecular formula is C17H22F3N5S2. The van der Waals surface area contributed by atoms with Gasteiger partial charge in [0.1, 0.15) is 5.01 Å². The monoisotopic (exact) mass is 417 g/mol. The van der Waals surface area contributed by atoms with E-state index in [9.17, 15) is 13.2 Å². The predicted octanol–water partition coefficient (Wildman–Crippen LogP) is 3.34. The van der Waals surface area contributed by atoms with Crippen molar-refractivity contribution in [2.75, 3.05) is 20.1 Å². The summed E-state index contributed by atoms with van der Waals surface area (Å²) in [5.41, 5.74) is 0.559. The smallest absolute Gasteiger partial charge is 0.355 e. The van der Waals surface area contributed by atoms with E-state index in [4.69, 9.17) is 0 Å². The Morgan fingerprint density at radius 3 is 2.89 bits per heavy atom. The minimum absolute atomic E-state index is 0.205. The Hall–Kier alpha value is -1.65. The highest BCUT2D eigenvalue weighted by atomic mass is 32.1. The lowest BCUT2D eigenvalue weighted by Crippen LogP contribution is -2.47. The lowest BCUT2D eigenvalue weighted by atomic mass is 10.1. The van der Waals surface area contributed by atoms with Crippen molar-refractivity contribution in [1.29, 1.82) is 0 Å². The third-order valence-electron chi connectivity index (χ3n) is 4.50. The number of rotatable bonds is 5. The van der Waals surface area contributed by atoms with Crippen molar-refractivity contribution in [3.63, 3.8) is 0 Å². The Kier molecular flexibility index (Phi) is 6.38. The summed E-state index contributed by atoms with van der Waals surface area (Å²) in [7, 11) is 1.64. The summed E-state index contributed by atoms with van der Waals surface area (Å²) in [4.78, 5) is 11.6. The number of hydrogen-bond donors (Lipinski definition) is 2. The average molecular weight is 418 g/mol. The molecule has 1 atom stereocenters. The fraction of sp³-hybridized carbons (Fsp3) is 0.529. The van der Waals surface area contributed by atoms with E-state index in [1.165, 1.54) is 10.4 Å². The molecule has 27 heavy (non-hydrogen) atoms. The Morgan fingerprint density at radius 2 is 2.19 bits per heavy atom. The first-order valence-corrected chi connectivity index (χ1v) is 10.4. The Bertz CT molecular complexity index is 784. The average Bonchev–Trinajstić information content (AvgIpc) is 3.29. The summed E-state index contributed by atoms with van der Waals surface area (Å²) in [6.45, 7) is 5.05. The molecule has 0 aliphatic carbocycles. The number of alkyl halides is 3. The third kappa shape index (κ3) is 5.20. The van der Waals surface area contributed by atoms with Gasteiger partial charge in [-0.25, -0.2) is 4.98 Å². The number of hydrogen-bond acceptors (Lipinski definition) is 5. The van der Waals surface area contributed by atoms with Gasteiger partial charge in [0.2, 0.25) is 0 Å². The van der Waals surface area contributed by atoms with Crippen molar-refractivity contribution in [1.82, 2.24) is 20.5 Å². The van der Waals surface area contributed by atoms with Crippen LogP contribution in [0.3, 0.4) is 0 Å². The highest BCUT2D eigenvalue weighted by Crippen LogP contribution is 2.30. The first-order chi connectivity index (χ1) is 12.9. The van der Waals surface area contributed by atoms with E-state index in [-0.39, 0.29) is 6.54 Å². The van der Waals surface area contributed by atoms with Gasteiger partial charge in [-0.2, -0.15) is 13.2 Å². The fourth-order valence-corrected chi connectivity index (χ4v) is 4.55. The summed E-state index contributed by atoms with van der Waals surface area (Å²) in [5, 5.41) is 9.82. The zero-order chi connectivity index (χ0) is 19.4. The molecule has 3 rings (SSSR count). The van der Waals surface area contributed by atoms with E-state index in [0.29, 0.717) is 23.6 Å². The molecule has 2 aromatic rings. The van der Waals surface area contributed by atoms with Gasteiger partial charge in [-0.15, -0.1) is 22.7 Å². The van der Waals surface area contributed by atoms with Gasteiger partial charge in [0.05, 0.1) is 6.54 Å². The molecule has 0 radical (unpaired) electrons. The van der Waals surface area contributed by atoms with E-state index in [0.717, 1.165) is 36.2 Å². The summed E-state index contributed by atoms with van der Waals surface area (Å²) in [5.74, 6) is 0.554. The number of nitrogens with one attached hydrogen (secondary N) is 2. The maximum Gasteiger partial charge on any atom is 0.434 e. The van der Waals surface area contributed by atoms with Crippen LogP contribution in [-0.4, -0.2) is 42.0 Å². The van der Waals surface area contributed by atoms with Crippen LogP contribution in [0.2, 0.25) is 0 Å². The van der Waals surface area contributed by atoms with Crippen molar-refractivity contribution >= 4 is 28.6 Å². The topological polar surface area (TPSA) is 52.6 Å². The van der Waals surface area contributed by atoms with Gasteiger partial charge in [-0.3, -0.25) is 9.89 Å². The van der Waals surface area contributed by atoms with Crippen molar-refractivity contribution in [3.8, 4) is 0 Å². The molecule has 148 valence electrons. The second-order valence-electron chi connectivity index (χ2n) is 6.37. The number of guanidine groups is 1. The second kappa shape index (κ2) is 8.57. The summed E-state index contributed by atoms with van der Waals surface area (Å²) >= 11 is 2.81. The lowest BCUT2D eigenvalue weighted by Gasteiger charge is -2.32. The largest absolute Gasteiger partial charge is 0.434 e. The van der Waals surface area contributed by atoms with Crippen molar-refractivity contribution in [2.24, 2.45) is 4.99 Å². The Morgan fingerprint density at radius 1 is 1.37 bits per heavy atom.